The molecular formula is C19H24N8O11P2. The maximum Gasteiger partial charge on any atom is 0.472 e. The van der Waals surface area contributed by atoms with E-state index in [0.717, 1.165) is 4.57 Å². The summed E-state index contributed by atoms with van der Waals surface area (Å²) < 4.78 is 63.9. The molecule has 0 radical (unpaired) electrons. The van der Waals surface area contributed by atoms with Gasteiger partial charge in [-0.2, -0.15) is 4.98 Å². The first-order valence-corrected chi connectivity index (χ1v) is 14.3. The summed E-state index contributed by atoms with van der Waals surface area (Å²) in [6.07, 6.45) is -2.40. The van der Waals surface area contributed by atoms with Gasteiger partial charge in [-0.1, -0.05) is 0 Å². The van der Waals surface area contributed by atoms with Crippen molar-refractivity contribution in [2.45, 2.75) is 49.7 Å². The fraction of sp³-hybridized carbons (Fsp3) is 0.526. The minimum absolute atomic E-state index is 0.0145. The van der Waals surface area contributed by atoms with E-state index in [9.17, 15) is 28.5 Å². The fourth-order valence-electron chi connectivity index (χ4n) is 4.40. The first kappa shape index (κ1) is 28.4. The van der Waals surface area contributed by atoms with Gasteiger partial charge in [-0.05, 0) is 6.07 Å². The molecule has 0 bridgehead atoms. The fourth-order valence-corrected chi connectivity index (χ4v) is 5.63. The van der Waals surface area contributed by atoms with Crippen LogP contribution in [0.3, 0.4) is 0 Å². The number of nitrogen functional groups attached to an aromatic ring is 2. The number of hydrogen-bond acceptors (Lipinski definition) is 16. The Morgan fingerprint density at radius 2 is 1.85 bits per heavy atom. The summed E-state index contributed by atoms with van der Waals surface area (Å²) in [6, 6.07) is 1.38. The average Bonchev–Trinajstić information content (AvgIpc) is 3.58. The van der Waals surface area contributed by atoms with Crippen molar-refractivity contribution in [2.24, 2.45) is 0 Å². The number of nitrogens with zero attached hydrogens (tertiary/aromatic N) is 6. The van der Waals surface area contributed by atoms with Crippen molar-refractivity contribution in [3.63, 3.8) is 0 Å². The second-order valence-electron chi connectivity index (χ2n) is 8.85. The highest BCUT2D eigenvalue weighted by Crippen LogP contribution is 2.49. The summed E-state index contributed by atoms with van der Waals surface area (Å²) in [5.41, 5.74) is 11.2. The average molecular weight is 602 g/mol. The topological polar surface area (TPSA) is 268 Å². The van der Waals surface area contributed by atoms with Gasteiger partial charge in [-0.3, -0.25) is 22.7 Å². The van der Waals surface area contributed by atoms with Crippen LogP contribution in [0.2, 0.25) is 0 Å². The van der Waals surface area contributed by atoms with Crippen LogP contribution in [-0.4, -0.2) is 76.7 Å². The number of nitrogens with two attached hydrogens (primary N) is 2. The number of rotatable bonds is 10. The molecule has 7 atom stereocenters. The van der Waals surface area contributed by atoms with Crippen molar-refractivity contribution in [3.05, 3.63) is 35.4 Å². The molecule has 2 aliphatic rings. The van der Waals surface area contributed by atoms with Gasteiger partial charge in [-0.25, -0.2) is 33.4 Å². The van der Waals surface area contributed by atoms with Gasteiger partial charge in [0.05, 0.1) is 25.6 Å². The van der Waals surface area contributed by atoms with Crippen LogP contribution in [0.25, 0.3) is 11.2 Å². The van der Waals surface area contributed by atoms with Crippen molar-refractivity contribution in [1.82, 2.24) is 29.1 Å². The van der Waals surface area contributed by atoms with Gasteiger partial charge >= 0.3 is 21.4 Å². The normalized spacial score (nSPS) is 28.1. The minimum Gasteiger partial charge on any atom is -0.390 e. The zero-order chi connectivity index (χ0) is 28.6. The van der Waals surface area contributed by atoms with Crippen molar-refractivity contribution in [1.29, 1.82) is 0 Å². The molecule has 5 heterocycles. The SMILES string of the molecule is Nc1ccn([C@H]2C[C@H](O)[C@@H](COP(=O)(O)O[C@H]3C[C@H](n4cnc5c(N)ncnc54)O[C@@H]3COP(=O)=O)O2)c(=O)n1. The van der Waals surface area contributed by atoms with E-state index in [1.54, 1.807) is 0 Å². The third-order valence-corrected chi connectivity index (χ3v) is 7.63. The number of phosphoric acid groups is 1. The Kier molecular flexibility index (Phi) is 8.10. The van der Waals surface area contributed by atoms with E-state index in [-0.39, 0.29) is 24.5 Å². The van der Waals surface area contributed by atoms with Crippen LogP contribution in [0, 0.1) is 0 Å². The molecule has 3 aromatic heterocycles. The van der Waals surface area contributed by atoms with Crippen LogP contribution in [0.1, 0.15) is 25.3 Å². The van der Waals surface area contributed by atoms with Crippen LogP contribution in [0.5, 0.6) is 0 Å². The number of hydrogen-bond donors (Lipinski definition) is 4. The summed E-state index contributed by atoms with van der Waals surface area (Å²) in [4.78, 5) is 38.2. The Balaban J connectivity index is 1.25. The van der Waals surface area contributed by atoms with E-state index in [2.05, 4.69) is 24.5 Å². The number of anilines is 2. The van der Waals surface area contributed by atoms with Crippen molar-refractivity contribution < 1.29 is 46.7 Å². The van der Waals surface area contributed by atoms with Crippen LogP contribution < -0.4 is 17.2 Å². The van der Waals surface area contributed by atoms with Gasteiger partial charge in [-0.15, -0.1) is 0 Å². The standard InChI is InChI=1S/C19H24N8O11P2/c20-13-1-2-26(19(29)25-13)14-3-9(28)11(36-14)6-35-40(32,33)38-10-4-15(37-12(10)5-34-39(30)31)27-8-24-16-17(21)22-7-23-18(16)27/h1-2,7-12,14-15,28H,3-6H2,(H,32,33)(H2,20,25,29)(H2,21,22,23)/t9-,10-,11+,12+,14+,15+/m0/s1. The second kappa shape index (κ2) is 11.4. The Hall–Kier alpha value is -3.12. The number of ether oxygens (including phenoxy) is 2. The first-order chi connectivity index (χ1) is 19.0. The highest BCUT2D eigenvalue weighted by atomic mass is 31.2. The summed E-state index contributed by atoms with van der Waals surface area (Å²) in [5.74, 6) is 0.141. The molecule has 19 nitrogen and oxygen atoms in total. The summed E-state index contributed by atoms with van der Waals surface area (Å²) in [6.45, 7) is -1.09. The molecule has 0 spiro atoms. The molecule has 1 unspecified atom stereocenters. The van der Waals surface area contributed by atoms with E-state index in [4.69, 9.17) is 30.0 Å². The molecule has 6 N–H and O–H groups in total. The Morgan fingerprint density at radius 3 is 2.60 bits per heavy atom. The molecule has 216 valence electrons. The molecule has 0 aliphatic carbocycles. The molecule has 2 fully saturated rings. The molecule has 2 aliphatic heterocycles. The van der Waals surface area contributed by atoms with Gasteiger partial charge < -0.3 is 30.9 Å². The van der Waals surface area contributed by atoms with Crippen molar-refractivity contribution in [2.75, 3.05) is 24.7 Å². The lowest BCUT2D eigenvalue weighted by Gasteiger charge is -2.22. The summed E-state index contributed by atoms with van der Waals surface area (Å²) in [7, 11) is -8.06. The number of aliphatic hydroxyl groups is 1. The van der Waals surface area contributed by atoms with Crippen molar-refractivity contribution in [3.8, 4) is 0 Å². The highest BCUT2D eigenvalue weighted by molar-refractivity contribution is 7.47. The van der Waals surface area contributed by atoms with Crippen LogP contribution >= 0.6 is 15.7 Å². The van der Waals surface area contributed by atoms with E-state index in [1.165, 1.54) is 29.5 Å². The van der Waals surface area contributed by atoms with E-state index >= 15 is 0 Å². The monoisotopic (exact) mass is 602 g/mol. The largest absolute Gasteiger partial charge is 0.472 e. The maximum absolute atomic E-state index is 12.8. The lowest BCUT2D eigenvalue weighted by atomic mass is 10.2. The Bertz CT molecular complexity index is 1560. The molecular weight excluding hydrogens is 578 g/mol. The second-order valence-corrected chi connectivity index (χ2v) is 11.0. The molecule has 5 rings (SSSR count). The van der Waals surface area contributed by atoms with E-state index in [1.807, 2.05) is 0 Å². The predicted octanol–water partition coefficient (Wildman–Crippen LogP) is -0.210. The number of phosphoric ester groups is 1. The van der Waals surface area contributed by atoms with Gasteiger partial charge in [0.1, 0.15) is 48.4 Å². The molecule has 21 heteroatoms. The van der Waals surface area contributed by atoms with Gasteiger partial charge in [0.2, 0.25) is 0 Å². The number of aromatic nitrogens is 6. The molecule has 2 saturated heterocycles. The number of aliphatic hydroxyl groups excluding tert-OH is 1. The lowest BCUT2D eigenvalue weighted by molar-refractivity contribution is -0.0546. The van der Waals surface area contributed by atoms with Crippen molar-refractivity contribution >= 4 is 38.5 Å². The lowest BCUT2D eigenvalue weighted by Crippen LogP contribution is -2.30. The third kappa shape index (κ3) is 6.12. The zero-order valence-electron chi connectivity index (χ0n) is 20.4. The molecule has 3 aromatic rings. The van der Waals surface area contributed by atoms with Crippen LogP contribution in [0.15, 0.2) is 29.7 Å². The van der Waals surface area contributed by atoms with E-state index < -0.39 is 71.5 Å². The molecule has 0 aromatic carbocycles. The number of fused-ring (bicyclic) bond motifs is 1. The first-order valence-electron chi connectivity index (χ1n) is 11.7. The smallest absolute Gasteiger partial charge is 0.390 e. The predicted molar refractivity (Wildman–Crippen MR) is 131 cm³/mol. The minimum atomic E-state index is -4.82. The maximum atomic E-state index is 12.8. The Morgan fingerprint density at radius 1 is 1.10 bits per heavy atom. The van der Waals surface area contributed by atoms with Crippen LogP contribution in [0.4, 0.5) is 11.6 Å². The third-order valence-electron chi connectivity index (χ3n) is 6.26. The summed E-state index contributed by atoms with van der Waals surface area (Å²) in [5, 5.41) is 10.4. The van der Waals surface area contributed by atoms with E-state index in [0.29, 0.717) is 11.2 Å². The number of imidazole rings is 1. The molecule has 0 saturated carbocycles. The van der Waals surface area contributed by atoms with Gasteiger partial charge in [0.25, 0.3) is 0 Å². The Labute approximate surface area is 224 Å². The highest BCUT2D eigenvalue weighted by Gasteiger charge is 2.44. The molecule has 0 amide bonds. The van der Waals surface area contributed by atoms with Crippen LogP contribution in [-0.2, 0) is 36.7 Å². The quantitative estimate of drug-likeness (QED) is 0.219. The molecule has 40 heavy (non-hydrogen) atoms. The summed E-state index contributed by atoms with van der Waals surface area (Å²) >= 11 is 0. The van der Waals surface area contributed by atoms with Gasteiger partial charge in [0, 0.05) is 19.0 Å². The van der Waals surface area contributed by atoms with Gasteiger partial charge in [0.15, 0.2) is 11.5 Å². The zero-order valence-corrected chi connectivity index (χ0v) is 22.2.